The van der Waals surface area contributed by atoms with Crippen molar-refractivity contribution in [1.82, 2.24) is 10.6 Å². The van der Waals surface area contributed by atoms with Crippen LogP contribution in [0.5, 0.6) is 0 Å². The predicted molar refractivity (Wildman–Crippen MR) is 66.5 cm³/mol. The minimum absolute atomic E-state index is 0.125. The summed E-state index contributed by atoms with van der Waals surface area (Å²) >= 11 is 1.66. The largest absolute Gasteiger partial charge is 0.350 e. The molecule has 16 heavy (non-hydrogen) atoms. The van der Waals surface area contributed by atoms with Crippen molar-refractivity contribution in [2.24, 2.45) is 0 Å². The third kappa shape index (κ3) is 3.61. The molecule has 2 N–H and O–H groups in total. The van der Waals surface area contributed by atoms with Crippen molar-refractivity contribution in [2.45, 2.75) is 38.3 Å². The molecule has 0 spiro atoms. The summed E-state index contributed by atoms with van der Waals surface area (Å²) in [6.07, 6.45) is 3.12. The van der Waals surface area contributed by atoms with Gasteiger partial charge in [-0.2, -0.15) is 11.3 Å². The Labute approximate surface area is 100 Å². The SMILES string of the molecule is CC(NC(=O)CCNC1CC1)c1ccsc1. The summed E-state index contributed by atoms with van der Waals surface area (Å²) in [5, 5.41) is 10.5. The Bertz CT molecular complexity index is 333. The van der Waals surface area contributed by atoms with E-state index in [9.17, 15) is 4.79 Å². The first-order chi connectivity index (χ1) is 7.75. The van der Waals surface area contributed by atoms with Crippen molar-refractivity contribution in [3.8, 4) is 0 Å². The lowest BCUT2D eigenvalue weighted by Crippen LogP contribution is -2.30. The maximum Gasteiger partial charge on any atom is 0.221 e. The van der Waals surface area contributed by atoms with E-state index in [-0.39, 0.29) is 11.9 Å². The van der Waals surface area contributed by atoms with E-state index in [1.807, 2.05) is 12.3 Å². The lowest BCUT2D eigenvalue weighted by atomic mass is 10.2. The smallest absolute Gasteiger partial charge is 0.221 e. The molecule has 0 saturated heterocycles. The standard InChI is InChI=1S/C12H18N2OS/c1-9(10-5-7-16-8-10)14-12(15)4-6-13-11-2-3-11/h5,7-9,11,13H,2-4,6H2,1H3,(H,14,15). The fourth-order valence-corrected chi connectivity index (χ4v) is 2.35. The van der Waals surface area contributed by atoms with Crippen LogP contribution in [0, 0.1) is 0 Å². The summed E-state index contributed by atoms with van der Waals surface area (Å²) in [6, 6.07) is 2.86. The molecule has 2 rings (SSSR count). The van der Waals surface area contributed by atoms with Crippen LogP contribution in [-0.2, 0) is 4.79 Å². The van der Waals surface area contributed by atoms with E-state index >= 15 is 0 Å². The number of thiophene rings is 1. The van der Waals surface area contributed by atoms with Crippen LogP contribution in [0.25, 0.3) is 0 Å². The highest BCUT2D eigenvalue weighted by atomic mass is 32.1. The van der Waals surface area contributed by atoms with Gasteiger partial charge in [-0.1, -0.05) is 0 Å². The average molecular weight is 238 g/mol. The normalized spacial score (nSPS) is 17.1. The number of hydrogen-bond donors (Lipinski definition) is 2. The predicted octanol–water partition coefficient (Wildman–Crippen LogP) is 2.07. The van der Waals surface area contributed by atoms with E-state index < -0.39 is 0 Å². The van der Waals surface area contributed by atoms with Gasteiger partial charge in [0.2, 0.25) is 5.91 Å². The Morgan fingerprint density at radius 3 is 3.06 bits per heavy atom. The highest BCUT2D eigenvalue weighted by Crippen LogP contribution is 2.18. The van der Waals surface area contributed by atoms with E-state index in [4.69, 9.17) is 0 Å². The monoisotopic (exact) mass is 238 g/mol. The van der Waals surface area contributed by atoms with Crippen LogP contribution < -0.4 is 10.6 Å². The van der Waals surface area contributed by atoms with E-state index in [2.05, 4.69) is 22.1 Å². The Morgan fingerprint density at radius 2 is 2.44 bits per heavy atom. The second-order valence-corrected chi connectivity index (χ2v) is 5.10. The second kappa shape index (κ2) is 5.46. The molecule has 0 aliphatic heterocycles. The molecule has 1 unspecified atom stereocenters. The van der Waals surface area contributed by atoms with Crippen LogP contribution in [0.4, 0.5) is 0 Å². The summed E-state index contributed by atoms with van der Waals surface area (Å²) in [5.74, 6) is 0.131. The minimum atomic E-state index is 0.125. The van der Waals surface area contributed by atoms with Gasteiger partial charge in [0.1, 0.15) is 0 Å². The van der Waals surface area contributed by atoms with E-state index in [1.165, 1.54) is 18.4 Å². The molecule has 1 aromatic heterocycles. The Kier molecular flexibility index (Phi) is 3.96. The van der Waals surface area contributed by atoms with Gasteiger partial charge < -0.3 is 10.6 Å². The van der Waals surface area contributed by atoms with Gasteiger partial charge in [-0.25, -0.2) is 0 Å². The molecule has 1 fully saturated rings. The van der Waals surface area contributed by atoms with E-state index in [0.29, 0.717) is 12.5 Å². The third-order valence-corrected chi connectivity index (χ3v) is 3.48. The highest BCUT2D eigenvalue weighted by Gasteiger charge is 2.20. The molecule has 4 heteroatoms. The zero-order valence-electron chi connectivity index (χ0n) is 9.53. The number of carbonyl (C=O) groups excluding carboxylic acids is 1. The van der Waals surface area contributed by atoms with Crippen molar-refractivity contribution in [3.05, 3.63) is 22.4 Å². The molecule has 1 aliphatic carbocycles. The molecule has 1 atom stereocenters. The van der Waals surface area contributed by atoms with Gasteiger partial charge in [0, 0.05) is 19.0 Å². The second-order valence-electron chi connectivity index (χ2n) is 4.32. The van der Waals surface area contributed by atoms with Crippen LogP contribution in [-0.4, -0.2) is 18.5 Å². The van der Waals surface area contributed by atoms with Crippen molar-refractivity contribution >= 4 is 17.2 Å². The molecule has 1 amide bonds. The van der Waals surface area contributed by atoms with Crippen LogP contribution in [0.3, 0.4) is 0 Å². The minimum Gasteiger partial charge on any atom is -0.350 e. The van der Waals surface area contributed by atoms with Crippen LogP contribution in [0.15, 0.2) is 16.8 Å². The molecular weight excluding hydrogens is 220 g/mol. The molecular formula is C12H18N2OS. The quantitative estimate of drug-likeness (QED) is 0.796. The van der Waals surface area contributed by atoms with Gasteiger partial charge in [0.15, 0.2) is 0 Å². The van der Waals surface area contributed by atoms with Crippen LogP contribution in [0.1, 0.15) is 37.8 Å². The third-order valence-electron chi connectivity index (χ3n) is 2.78. The molecule has 1 aromatic rings. The summed E-state index contributed by atoms with van der Waals surface area (Å²) in [4.78, 5) is 11.6. The Hall–Kier alpha value is -0.870. The Morgan fingerprint density at radius 1 is 1.62 bits per heavy atom. The maximum atomic E-state index is 11.6. The van der Waals surface area contributed by atoms with Gasteiger partial charge in [0.25, 0.3) is 0 Å². The number of carbonyl (C=O) groups is 1. The van der Waals surface area contributed by atoms with Gasteiger partial charge in [-0.05, 0) is 42.2 Å². The van der Waals surface area contributed by atoms with E-state index in [0.717, 1.165) is 6.54 Å². The number of hydrogen-bond acceptors (Lipinski definition) is 3. The summed E-state index contributed by atoms with van der Waals surface area (Å²) < 4.78 is 0. The van der Waals surface area contributed by atoms with Crippen molar-refractivity contribution in [1.29, 1.82) is 0 Å². The first-order valence-corrected chi connectivity index (χ1v) is 6.75. The number of amides is 1. The summed E-state index contributed by atoms with van der Waals surface area (Å²) in [5.41, 5.74) is 1.19. The first-order valence-electron chi connectivity index (χ1n) is 5.80. The van der Waals surface area contributed by atoms with Crippen molar-refractivity contribution in [2.75, 3.05) is 6.54 Å². The summed E-state index contributed by atoms with van der Waals surface area (Å²) in [7, 11) is 0. The van der Waals surface area contributed by atoms with Gasteiger partial charge >= 0.3 is 0 Å². The average Bonchev–Trinajstić information content (AvgIpc) is 2.91. The highest BCUT2D eigenvalue weighted by molar-refractivity contribution is 7.07. The van der Waals surface area contributed by atoms with Crippen molar-refractivity contribution in [3.63, 3.8) is 0 Å². The lowest BCUT2D eigenvalue weighted by molar-refractivity contribution is -0.121. The van der Waals surface area contributed by atoms with Gasteiger partial charge in [-0.3, -0.25) is 4.79 Å². The maximum absolute atomic E-state index is 11.6. The fraction of sp³-hybridized carbons (Fsp3) is 0.583. The molecule has 3 nitrogen and oxygen atoms in total. The van der Waals surface area contributed by atoms with Crippen LogP contribution >= 0.6 is 11.3 Å². The molecule has 1 saturated carbocycles. The molecule has 0 bridgehead atoms. The lowest BCUT2D eigenvalue weighted by Gasteiger charge is -2.12. The number of nitrogens with one attached hydrogen (secondary N) is 2. The van der Waals surface area contributed by atoms with Crippen molar-refractivity contribution < 1.29 is 4.79 Å². The first kappa shape index (κ1) is 11.6. The zero-order chi connectivity index (χ0) is 11.4. The van der Waals surface area contributed by atoms with E-state index in [1.54, 1.807) is 11.3 Å². The Balaban J connectivity index is 1.65. The molecule has 1 heterocycles. The van der Waals surface area contributed by atoms with Crippen LogP contribution in [0.2, 0.25) is 0 Å². The van der Waals surface area contributed by atoms with Gasteiger partial charge in [0.05, 0.1) is 6.04 Å². The summed E-state index contributed by atoms with van der Waals surface area (Å²) in [6.45, 7) is 2.82. The topological polar surface area (TPSA) is 41.1 Å². The molecule has 0 aromatic carbocycles. The van der Waals surface area contributed by atoms with Gasteiger partial charge in [-0.15, -0.1) is 0 Å². The molecule has 1 aliphatic rings. The number of rotatable bonds is 6. The molecule has 88 valence electrons. The molecule has 0 radical (unpaired) electrons. The fourth-order valence-electron chi connectivity index (χ4n) is 1.60. The zero-order valence-corrected chi connectivity index (χ0v) is 10.3.